The maximum atomic E-state index is 11.5. The zero-order valence-corrected chi connectivity index (χ0v) is 11.8. The highest BCUT2D eigenvalue weighted by Gasteiger charge is 2.19. The quantitative estimate of drug-likeness (QED) is 0.637. The van der Waals surface area contributed by atoms with Gasteiger partial charge >= 0.3 is 17.8 Å². The molecular formula is C12H13ClN2O5. The number of anilines is 1. The standard InChI is InChI=1S/C12H13ClN2O5/c1-14-10(16)11(17)15-8-5-9(19-2)6(4-7(8)13)12(18)20-3/h4-5H,1-3H3,(H,14,16)(H,15,17). The van der Waals surface area contributed by atoms with Crippen molar-refractivity contribution in [1.29, 1.82) is 0 Å². The highest BCUT2D eigenvalue weighted by molar-refractivity contribution is 6.41. The molecule has 2 N–H and O–H groups in total. The molecule has 1 aromatic rings. The number of nitrogens with one attached hydrogen (secondary N) is 2. The molecule has 0 saturated heterocycles. The van der Waals surface area contributed by atoms with Crippen LogP contribution in [0.4, 0.5) is 5.69 Å². The molecule has 0 saturated carbocycles. The fraction of sp³-hybridized carbons (Fsp3) is 0.250. The van der Waals surface area contributed by atoms with Gasteiger partial charge in [-0.1, -0.05) is 11.6 Å². The number of rotatable bonds is 3. The van der Waals surface area contributed by atoms with Crippen molar-refractivity contribution in [1.82, 2.24) is 5.32 Å². The molecule has 1 aromatic carbocycles. The highest BCUT2D eigenvalue weighted by Crippen LogP contribution is 2.31. The van der Waals surface area contributed by atoms with Crippen LogP contribution in [-0.4, -0.2) is 39.1 Å². The summed E-state index contributed by atoms with van der Waals surface area (Å²) in [4.78, 5) is 34.1. The minimum Gasteiger partial charge on any atom is -0.496 e. The zero-order valence-electron chi connectivity index (χ0n) is 11.1. The average Bonchev–Trinajstić information content (AvgIpc) is 2.46. The summed E-state index contributed by atoms with van der Waals surface area (Å²) in [5.41, 5.74) is 0.253. The van der Waals surface area contributed by atoms with Gasteiger partial charge in [0.05, 0.1) is 24.9 Å². The second-order valence-corrected chi connectivity index (χ2v) is 3.96. The summed E-state index contributed by atoms with van der Waals surface area (Å²) in [6.07, 6.45) is 0. The van der Waals surface area contributed by atoms with Crippen LogP contribution in [0.3, 0.4) is 0 Å². The van der Waals surface area contributed by atoms with E-state index in [1.54, 1.807) is 0 Å². The van der Waals surface area contributed by atoms with E-state index >= 15 is 0 Å². The van der Waals surface area contributed by atoms with Gasteiger partial charge in [-0.2, -0.15) is 0 Å². The van der Waals surface area contributed by atoms with Crippen molar-refractivity contribution in [2.24, 2.45) is 0 Å². The maximum Gasteiger partial charge on any atom is 0.341 e. The van der Waals surface area contributed by atoms with Gasteiger partial charge in [0.25, 0.3) is 0 Å². The van der Waals surface area contributed by atoms with Crippen molar-refractivity contribution in [3.8, 4) is 5.75 Å². The van der Waals surface area contributed by atoms with E-state index < -0.39 is 17.8 Å². The van der Waals surface area contributed by atoms with Crippen molar-refractivity contribution in [3.63, 3.8) is 0 Å². The minimum atomic E-state index is -0.887. The summed E-state index contributed by atoms with van der Waals surface area (Å²) in [5, 5.41) is 4.55. The number of methoxy groups -OCH3 is 2. The fourth-order valence-corrected chi connectivity index (χ4v) is 1.59. The maximum absolute atomic E-state index is 11.5. The first-order chi connectivity index (χ1) is 9.44. The van der Waals surface area contributed by atoms with Crippen molar-refractivity contribution in [2.75, 3.05) is 26.6 Å². The van der Waals surface area contributed by atoms with Gasteiger partial charge in [-0.05, 0) is 6.07 Å². The molecule has 20 heavy (non-hydrogen) atoms. The molecule has 0 bridgehead atoms. The molecule has 0 aliphatic heterocycles. The molecule has 0 atom stereocenters. The lowest BCUT2D eigenvalue weighted by Gasteiger charge is -2.12. The molecule has 0 aliphatic carbocycles. The Labute approximate surface area is 120 Å². The lowest BCUT2D eigenvalue weighted by molar-refractivity contribution is -0.135. The van der Waals surface area contributed by atoms with Gasteiger partial charge in [-0.25, -0.2) is 4.79 Å². The van der Waals surface area contributed by atoms with Gasteiger partial charge in [0.15, 0.2) is 0 Å². The van der Waals surface area contributed by atoms with Crippen molar-refractivity contribution < 1.29 is 23.9 Å². The molecule has 8 heteroatoms. The van der Waals surface area contributed by atoms with Crippen LogP contribution in [0.15, 0.2) is 12.1 Å². The summed E-state index contributed by atoms with van der Waals surface area (Å²) in [7, 11) is 3.89. The van der Waals surface area contributed by atoms with Gasteiger partial charge in [-0.3, -0.25) is 9.59 Å². The smallest absolute Gasteiger partial charge is 0.341 e. The number of ether oxygens (including phenoxy) is 2. The van der Waals surface area contributed by atoms with Crippen LogP contribution < -0.4 is 15.4 Å². The van der Waals surface area contributed by atoms with Crippen LogP contribution in [0.5, 0.6) is 5.75 Å². The molecule has 0 spiro atoms. The van der Waals surface area contributed by atoms with Gasteiger partial charge in [0.1, 0.15) is 11.3 Å². The van der Waals surface area contributed by atoms with E-state index in [0.717, 1.165) is 0 Å². The van der Waals surface area contributed by atoms with E-state index in [0.29, 0.717) is 0 Å². The second-order valence-electron chi connectivity index (χ2n) is 3.56. The summed E-state index contributed by atoms with van der Waals surface area (Å²) < 4.78 is 9.60. The normalized spacial score (nSPS) is 9.60. The molecule has 7 nitrogen and oxygen atoms in total. The second kappa shape index (κ2) is 6.76. The van der Waals surface area contributed by atoms with E-state index in [9.17, 15) is 14.4 Å². The lowest BCUT2D eigenvalue weighted by atomic mass is 10.1. The number of amides is 2. The Morgan fingerprint density at radius 3 is 2.30 bits per heavy atom. The number of carbonyl (C=O) groups excluding carboxylic acids is 3. The summed E-state index contributed by atoms with van der Waals surface area (Å²) in [6.45, 7) is 0. The number of likely N-dealkylation sites (N-methyl/N-ethyl adjacent to an activating group) is 1. The van der Waals surface area contributed by atoms with Crippen LogP contribution in [0.2, 0.25) is 5.02 Å². The Kier molecular flexibility index (Phi) is 5.33. The molecule has 0 radical (unpaired) electrons. The van der Waals surface area contributed by atoms with Gasteiger partial charge in [0, 0.05) is 13.1 Å². The molecule has 0 aliphatic rings. The largest absolute Gasteiger partial charge is 0.496 e. The van der Waals surface area contributed by atoms with Crippen molar-refractivity contribution >= 4 is 35.1 Å². The number of hydrogen-bond acceptors (Lipinski definition) is 5. The van der Waals surface area contributed by atoms with E-state index in [-0.39, 0.29) is 22.0 Å². The first-order valence-electron chi connectivity index (χ1n) is 5.43. The van der Waals surface area contributed by atoms with Gasteiger partial charge < -0.3 is 20.1 Å². The third kappa shape index (κ3) is 3.39. The average molecular weight is 301 g/mol. The van der Waals surface area contributed by atoms with Crippen molar-refractivity contribution in [3.05, 3.63) is 22.7 Å². The van der Waals surface area contributed by atoms with Crippen LogP contribution in [0.25, 0.3) is 0 Å². The van der Waals surface area contributed by atoms with E-state index in [4.69, 9.17) is 16.3 Å². The Hall–Kier alpha value is -2.28. The first-order valence-corrected chi connectivity index (χ1v) is 5.81. The number of halogens is 1. The van der Waals surface area contributed by atoms with Gasteiger partial charge in [0.2, 0.25) is 0 Å². The van der Waals surface area contributed by atoms with Crippen molar-refractivity contribution in [2.45, 2.75) is 0 Å². The van der Waals surface area contributed by atoms with E-state index in [2.05, 4.69) is 15.4 Å². The molecule has 0 fully saturated rings. The van der Waals surface area contributed by atoms with E-state index in [1.165, 1.54) is 33.4 Å². The zero-order chi connectivity index (χ0) is 15.3. The highest BCUT2D eigenvalue weighted by atomic mass is 35.5. The Morgan fingerprint density at radius 1 is 1.15 bits per heavy atom. The minimum absolute atomic E-state index is 0.0726. The summed E-state index contributed by atoms with van der Waals surface area (Å²) >= 11 is 5.94. The molecule has 2 amide bonds. The summed E-state index contributed by atoms with van der Waals surface area (Å²) in [5.74, 6) is -2.18. The predicted molar refractivity (Wildman–Crippen MR) is 72.0 cm³/mol. The molecule has 1 rings (SSSR count). The number of carbonyl (C=O) groups is 3. The Bertz CT molecular complexity index is 559. The Balaban J connectivity index is 3.14. The SMILES string of the molecule is CNC(=O)C(=O)Nc1cc(OC)c(C(=O)OC)cc1Cl. The monoisotopic (exact) mass is 300 g/mol. The fourth-order valence-electron chi connectivity index (χ4n) is 1.38. The molecule has 0 unspecified atom stereocenters. The number of esters is 1. The predicted octanol–water partition coefficient (Wildman–Crippen LogP) is 0.820. The van der Waals surface area contributed by atoms with Crippen LogP contribution in [-0.2, 0) is 14.3 Å². The van der Waals surface area contributed by atoms with Crippen LogP contribution in [0.1, 0.15) is 10.4 Å². The van der Waals surface area contributed by atoms with Gasteiger partial charge in [-0.15, -0.1) is 0 Å². The van der Waals surface area contributed by atoms with Crippen LogP contribution in [0, 0.1) is 0 Å². The third-order valence-corrected chi connectivity index (χ3v) is 2.69. The van der Waals surface area contributed by atoms with Crippen LogP contribution >= 0.6 is 11.6 Å². The lowest BCUT2D eigenvalue weighted by Crippen LogP contribution is -2.32. The molecule has 108 valence electrons. The number of benzene rings is 1. The third-order valence-electron chi connectivity index (χ3n) is 2.38. The summed E-state index contributed by atoms with van der Waals surface area (Å²) in [6, 6.07) is 2.61. The molecule has 0 aromatic heterocycles. The Morgan fingerprint density at radius 2 is 1.80 bits per heavy atom. The molecule has 0 heterocycles. The topological polar surface area (TPSA) is 93.7 Å². The van der Waals surface area contributed by atoms with E-state index in [1.807, 2.05) is 0 Å². The molecular weight excluding hydrogens is 288 g/mol. The first kappa shape index (κ1) is 15.8. The number of hydrogen-bond donors (Lipinski definition) is 2.